The van der Waals surface area contributed by atoms with E-state index in [4.69, 9.17) is 9.41 Å². The summed E-state index contributed by atoms with van der Waals surface area (Å²) in [5.74, 6) is 7.22. The van der Waals surface area contributed by atoms with E-state index in [0.717, 1.165) is 50.2 Å². The van der Waals surface area contributed by atoms with Crippen LogP contribution in [0.4, 0.5) is 5.69 Å². The summed E-state index contributed by atoms with van der Waals surface area (Å²) in [6.45, 7) is 0. The van der Waals surface area contributed by atoms with Crippen LogP contribution in [-0.2, 0) is 20.1 Å². The molecule has 1 aliphatic rings. The van der Waals surface area contributed by atoms with Gasteiger partial charge in [0.15, 0.2) is 0 Å². The summed E-state index contributed by atoms with van der Waals surface area (Å²) >= 11 is -1.72. The Morgan fingerprint density at radius 3 is 2.20 bits per heavy atom. The van der Waals surface area contributed by atoms with Crippen molar-refractivity contribution in [2.75, 3.05) is 0 Å². The molecule has 3 nitrogen and oxygen atoms in total. The zero-order valence-electron chi connectivity index (χ0n) is 25.4. The molecule has 0 bridgehead atoms. The van der Waals surface area contributed by atoms with Crippen LogP contribution in [0.25, 0.3) is 33.2 Å². The molecule has 1 atom stereocenters. The van der Waals surface area contributed by atoms with Gasteiger partial charge in [0, 0.05) is 31.4 Å². The predicted molar refractivity (Wildman–Crippen MR) is 185 cm³/mol. The van der Waals surface area contributed by atoms with Gasteiger partial charge in [0.05, 0.1) is 11.3 Å². The number of fused-ring (bicyclic) bond motifs is 4. The fraction of sp³-hybridized carbons (Fsp3) is 0.100. The molecule has 1 unspecified atom stereocenters. The minimum Gasteiger partial charge on any atom is -0.501 e. The van der Waals surface area contributed by atoms with Gasteiger partial charge in [-0.15, -0.1) is 18.2 Å². The van der Waals surface area contributed by atoms with Gasteiger partial charge in [-0.3, -0.25) is 4.99 Å². The molecule has 5 heteroatoms. The molecular weight excluding hydrogens is 789 g/mol. The zero-order valence-corrected chi connectivity index (χ0v) is 29.9. The third-order valence-electron chi connectivity index (χ3n) is 8.10. The number of hydrogen-bond acceptors (Lipinski definition) is 3. The number of rotatable bonds is 4. The summed E-state index contributed by atoms with van der Waals surface area (Å²) in [5.41, 5.74) is 9.25. The maximum absolute atomic E-state index is 6.27. The molecule has 3 heterocycles. The largest absolute Gasteiger partial charge is 0.501 e. The number of nitrogens with zero attached hydrogens (tertiary/aromatic N) is 2. The van der Waals surface area contributed by atoms with Crippen molar-refractivity contribution in [3.8, 4) is 11.3 Å². The first-order chi connectivity index (χ1) is 21.5. The van der Waals surface area contributed by atoms with Crippen LogP contribution < -0.4 is 4.40 Å². The molecule has 8 rings (SSSR count). The zero-order chi connectivity index (χ0) is 30.1. The number of benzene rings is 5. The number of hydrogen-bond donors (Lipinski definition) is 0. The number of para-hydroxylation sites is 2. The smallest absolute Gasteiger partial charge is 0.120 e. The van der Waals surface area contributed by atoms with E-state index in [9.17, 15) is 0 Å². The van der Waals surface area contributed by atoms with E-state index in [2.05, 4.69) is 101 Å². The third-order valence-corrected chi connectivity index (χ3v) is 12.4. The number of aromatic nitrogens is 1. The van der Waals surface area contributed by atoms with E-state index < -0.39 is 13.3 Å². The Bertz CT molecular complexity index is 2100. The molecule has 0 amide bonds. The normalized spacial score (nSPS) is 13.8. The minimum absolute atomic E-state index is 0. The fourth-order valence-corrected chi connectivity index (χ4v) is 7.96. The van der Waals surface area contributed by atoms with E-state index in [1.807, 2.05) is 66.9 Å². The molecule has 0 N–H and O–H groups in total. The molecule has 1 aliphatic heterocycles. The molecular formula is C40H32GeIrN2O-2. The van der Waals surface area contributed by atoms with Gasteiger partial charge in [-0.05, 0) is 29.0 Å². The maximum atomic E-state index is 6.27. The number of aliphatic imine (C=N–C) groups is 1. The standard InChI is InChI=1S/C26H16NO.C14H16GeN.Ir/c1-2-9-17(10-3-1)24-20-12-4-6-15-22(20)27-25(24)21-14-8-13-19-18-11-5-7-16-23(18)28-26(19)21;1-15(2,3)13-9-10-14(16-11-13)12-7-5-4-6-8-12;/h1-13,15-16,24H;4-7,9-11H,1-3H3;/q2*-1;. The van der Waals surface area contributed by atoms with Gasteiger partial charge in [0.25, 0.3) is 0 Å². The molecule has 1 radical (unpaired) electrons. The average Bonchev–Trinajstić information content (AvgIpc) is 3.64. The fourth-order valence-electron chi connectivity index (χ4n) is 5.79. The Balaban J connectivity index is 0.000000181. The van der Waals surface area contributed by atoms with E-state index >= 15 is 0 Å². The van der Waals surface area contributed by atoms with Crippen LogP contribution in [0.2, 0.25) is 17.3 Å². The third kappa shape index (κ3) is 6.24. The molecule has 0 saturated carbocycles. The van der Waals surface area contributed by atoms with Gasteiger partial charge in [0.1, 0.15) is 5.58 Å². The SMILES string of the molecule is [CH3][Ge]([CH3])([CH3])[c]1ccc(-c2[c-]cccc2)nc1.[Ir].[c-]1ccc2c(oc3ccccc32)c1C1=Nc2ccccc2C1c1ccccc1. The molecule has 5 aromatic carbocycles. The van der Waals surface area contributed by atoms with E-state index in [1.165, 1.54) is 15.5 Å². The van der Waals surface area contributed by atoms with Crippen molar-refractivity contribution >= 4 is 51.0 Å². The Hall–Kier alpha value is -4.09. The van der Waals surface area contributed by atoms with Crippen molar-refractivity contribution < 1.29 is 24.5 Å². The van der Waals surface area contributed by atoms with Crippen LogP contribution in [-0.4, -0.2) is 24.0 Å². The summed E-state index contributed by atoms with van der Waals surface area (Å²) < 4.78 is 7.71. The quantitative estimate of drug-likeness (QED) is 0.131. The summed E-state index contributed by atoms with van der Waals surface area (Å²) in [6, 6.07) is 50.0. The topological polar surface area (TPSA) is 38.4 Å². The second kappa shape index (κ2) is 13.1. The van der Waals surface area contributed by atoms with Crippen LogP contribution in [0.1, 0.15) is 22.6 Å². The van der Waals surface area contributed by atoms with Gasteiger partial charge in [-0.2, -0.15) is 0 Å². The van der Waals surface area contributed by atoms with E-state index in [-0.39, 0.29) is 26.0 Å². The summed E-state index contributed by atoms with van der Waals surface area (Å²) in [5, 5.41) is 2.23. The molecule has 0 aliphatic carbocycles. The van der Waals surface area contributed by atoms with Crippen molar-refractivity contribution in [3.05, 3.63) is 162 Å². The first-order valence-electron chi connectivity index (χ1n) is 15.0. The molecule has 0 spiro atoms. The van der Waals surface area contributed by atoms with Crippen molar-refractivity contribution in [1.82, 2.24) is 4.98 Å². The van der Waals surface area contributed by atoms with Crippen LogP contribution in [0.15, 0.2) is 143 Å². The molecule has 0 saturated heterocycles. The van der Waals surface area contributed by atoms with Gasteiger partial charge in [-0.1, -0.05) is 77.7 Å². The van der Waals surface area contributed by atoms with Crippen molar-refractivity contribution in [1.29, 1.82) is 0 Å². The Kier molecular flexibility index (Phi) is 9.00. The second-order valence-corrected chi connectivity index (χ2v) is 22.7. The first kappa shape index (κ1) is 30.9. The maximum Gasteiger partial charge on any atom is 0.120 e. The Morgan fingerprint density at radius 1 is 0.689 bits per heavy atom. The molecule has 223 valence electrons. The summed E-state index contributed by atoms with van der Waals surface area (Å²) in [4.78, 5) is 9.56. The summed E-state index contributed by atoms with van der Waals surface area (Å²) in [7, 11) is 0. The number of furan rings is 1. The number of pyridine rings is 1. The summed E-state index contributed by atoms with van der Waals surface area (Å²) in [6.07, 6.45) is 2.04. The molecule has 7 aromatic rings. The van der Waals surface area contributed by atoms with Crippen LogP contribution in [0.5, 0.6) is 0 Å². The van der Waals surface area contributed by atoms with Crippen molar-refractivity contribution in [3.63, 3.8) is 0 Å². The molecule has 0 fully saturated rings. The van der Waals surface area contributed by atoms with Gasteiger partial charge < -0.3 is 4.42 Å². The van der Waals surface area contributed by atoms with Crippen LogP contribution >= 0.6 is 0 Å². The first-order valence-corrected chi connectivity index (χ1v) is 22.3. The van der Waals surface area contributed by atoms with Crippen molar-refractivity contribution in [2.24, 2.45) is 4.99 Å². The van der Waals surface area contributed by atoms with Gasteiger partial charge in [-0.25, -0.2) is 0 Å². The van der Waals surface area contributed by atoms with Crippen LogP contribution in [0, 0.1) is 12.1 Å². The Morgan fingerprint density at radius 2 is 1.44 bits per heavy atom. The van der Waals surface area contributed by atoms with Gasteiger partial charge >= 0.3 is 99.8 Å². The average molecular weight is 822 g/mol. The van der Waals surface area contributed by atoms with Gasteiger partial charge in [0.2, 0.25) is 0 Å². The molecule has 2 aromatic heterocycles. The Labute approximate surface area is 280 Å². The van der Waals surface area contributed by atoms with E-state index in [0.29, 0.717) is 0 Å². The van der Waals surface area contributed by atoms with E-state index in [1.54, 1.807) is 0 Å². The minimum atomic E-state index is -1.72. The van der Waals surface area contributed by atoms with Crippen molar-refractivity contribution in [2.45, 2.75) is 23.2 Å². The second-order valence-electron chi connectivity index (χ2n) is 12.1. The monoisotopic (exact) mass is 823 g/mol. The van der Waals surface area contributed by atoms with Crippen LogP contribution in [0.3, 0.4) is 0 Å². The predicted octanol–water partition coefficient (Wildman–Crippen LogP) is 9.74. The molecule has 45 heavy (non-hydrogen) atoms.